The van der Waals surface area contributed by atoms with Crippen molar-refractivity contribution in [2.75, 3.05) is 0 Å². The van der Waals surface area contributed by atoms with Crippen molar-refractivity contribution in [2.24, 2.45) is 0 Å². The molecule has 5 nitrogen and oxygen atoms in total. The van der Waals surface area contributed by atoms with Gasteiger partial charge in [-0.1, -0.05) is 78.9 Å². The molecule has 1 aliphatic rings. The predicted molar refractivity (Wildman–Crippen MR) is 121 cm³/mol. The third kappa shape index (κ3) is 6.05. The summed E-state index contributed by atoms with van der Waals surface area (Å²) in [5.41, 5.74) is 2.21. The first-order valence-corrected chi connectivity index (χ1v) is 11.0. The maximum atomic E-state index is 15.0. The van der Waals surface area contributed by atoms with Crippen LogP contribution in [0.15, 0.2) is 91.0 Å². The van der Waals surface area contributed by atoms with Crippen molar-refractivity contribution in [1.82, 2.24) is 0 Å². The summed E-state index contributed by atoms with van der Waals surface area (Å²) in [6.07, 6.45) is -5.23. The Balaban J connectivity index is 1.54. The zero-order chi connectivity index (χ0) is 23.0. The van der Waals surface area contributed by atoms with Crippen molar-refractivity contribution in [2.45, 2.75) is 50.9 Å². The van der Waals surface area contributed by atoms with E-state index in [1.54, 1.807) is 31.2 Å². The molecule has 1 aliphatic heterocycles. The number of carbonyl (C=O) groups is 1. The highest BCUT2D eigenvalue weighted by molar-refractivity contribution is 5.89. The van der Waals surface area contributed by atoms with Gasteiger partial charge in [0.25, 0.3) is 0 Å². The van der Waals surface area contributed by atoms with Gasteiger partial charge in [-0.25, -0.2) is 9.18 Å². The number of hydrogen-bond acceptors (Lipinski definition) is 5. The van der Waals surface area contributed by atoms with Crippen LogP contribution in [-0.4, -0.2) is 36.7 Å². The lowest BCUT2D eigenvalue weighted by Gasteiger charge is -2.42. The smallest absolute Gasteiger partial charge is 0.338 e. The third-order valence-electron chi connectivity index (χ3n) is 5.54. The van der Waals surface area contributed by atoms with Crippen LogP contribution >= 0.6 is 0 Å². The summed E-state index contributed by atoms with van der Waals surface area (Å²) >= 11 is 0. The molecule has 3 aromatic carbocycles. The van der Waals surface area contributed by atoms with E-state index in [0.29, 0.717) is 5.56 Å². The summed E-state index contributed by atoms with van der Waals surface area (Å²) in [6, 6.07) is 27.7. The van der Waals surface area contributed by atoms with Crippen molar-refractivity contribution in [3.8, 4) is 0 Å². The molecule has 0 aliphatic carbocycles. The molecule has 5 atom stereocenters. The lowest BCUT2D eigenvalue weighted by atomic mass is 9.99. The number of benzene rings is 3. The van der Waals surface area contributed by atoms with E-state index in [2.05, 4.69) is 0 Å². The molecule has 1 fully saturated rings. The molecule has 172 valence electrons. The Morgan fingerprint density at radius 3 is 1.79 bits per heavy atom. The first-order chi connectivity index (χ1) is 16.1. The minimum absolute atomic E-state index is 0.175. The molecule has 33 heavy (non-hydrogen) atoms. The van der Waals surface area contributed by atoms with Gasteiger partial charge in [0.1, 0.15) is 12.2 Å². The standard InChI is InChI=1S/C27H27FO5/c1-19-23(33-27(29)22-15-9-4-10-16-22)24(30-17-20-11-5-2-6-12-20)25(26(28)32-19)31-18-21-13-7-3-8-14-21/h2-16,19,23-26H,17-18H2,1H3/t19-,23+,24+,25-,26?/m1/s1. The second kappa shape index (κ2) is 11.2. The third-order valence-corrected chi connectivity index (χ3v) is 5.54. The minimum Gasteiger partial charge on any atom is -0.453 e. The number of esters is 1. The monoisotopic (exact) mass is 450 g/mol. The van der Waals surface area contributed by atoms with E-state index in [4.69, 9.17) is 18.9 Å². The molecule has 1 saturated heterocycles. The second-order valence-electron chi connectivity index (χ2n) is 7.95. The average Bonchev–Trinajstić information content (AvgIpc) is 2.85. The van der Waals surface area contributed by atoms with Gasteiger partial charge in [0.15, 0.2) is 6.10 Å². The van der Waals surface area contributed by atoms with Crippen LogP contribution in [0.5, 0.6) is 0 Å². The van der Waals surface area contributed by atoms with Crippen LogP contribution in [0.3, 0.4) is 0 Å². The lowest BCUT2D eigenvalue weighted by Crippen LogP contribution is -2.58. The molecule has 6 heteroatoms. The van der Waals surface area contributed by atoms with Crippen molar-refractivity contribution in [1.29, 1.82) is 0 Å². The largest absolute Gasteiger partial charge is 0.453 e. The lowest BCUT2D eigenvalue weighted by molar-refractivity contribution is -0.278. The molecule has 0 aromatic heterocycles. The zero-order valence-corrected chi connectivity index (χ0v) is 18.4. The molecule has 0 saturated carbocycles. The topological polar surface area (TPSA) is 54.0 Å². The number of hydrogen-bond donors (Lipinski definition) is 0. The maximum Gasteiger partial charge on any atom is 0.338 e. The summed E-state index contributed by atoms with van der Waals surface area (Å²) in [5.74, 6) is -0.525. The summed E-state index contributed by atoms with van der Waals surface area (Å²) in [7, 11) is 0. The average molecular weight is 451 g/mol. The van der Waals surface area contributed by atoms with Gasteiger partial charge in [-0.3, -0.25) is 0 Å². The quantitative estimate of drug-likeness (QED) is 0.447. The molecular weight excluding hydrogens is 423 g/mol. The predicted octanol–water partition coefficient (Wildman–Crippen LogP) is 5.10. The van der Waals surface area contributed by atoms with Crippen LogP contribution in [0.1, 0.15) is 28.4 Å². The number of alkyl halides is 1. The van der Waals surface area contributed by atoms with Gasteiger partial charge in [0.2, 0.25) is 6.36 Å². The van der Waals surface area contributed by atoms with Crippen LogP contribution in [0.25, 0.3) is 0 Å². The van der Waals surface area contributed by atoms with Crippen LogP contribution in [0.2, 0.25) is 0 Å². The van der Waals surface area contributed by atoms with Crippen LogP contribution in [0, 0.1) is 0 Å². The van der Waals surface area contributed by atoms with E-state index in [1.165, 1.54) is 0 Å². The van der Waals surface area contributed by atoms with E-state index in [0.717, 1.165) is 11.1 Å². The minimum atomic E-state index is -1.73. The number of halogens is 1. The number of carbonyl (C=O) groups excluding carboxylic acids is 1. The van der Waals surface area contributed by atoms with Gasteiger partial charge in [0.05, 0.1) is 24.9 Å². The molecule has 3 aromatic rings. The summed E-state index contributed by atoms with van der Waals surface area (Å²) in [5, 5.41) is 0. The highest BCUT2D eigenvalue weighted by Gasteiger charge is 2.48. The Morgan fingerprint density at radius 1 is 0.758 bits per heavy atom. The molecule has 4 rings (SSSR count). The van der Waals surface area contributed by atoms with E-state index < -0.39 is 36.7 Å². The van der Waals surface area contributed by atoms with Gasteiger partial charge < -0.3 is 18.9 Å². The highest BCUT2D eigenvalue weighted by atomic mass is 19.1. The first-order valence-electron chi connectivity index (χ1n) is 11.0. The molecule has 0 amide bonds. The molecule has 1 heterocycles. The fraction of sp³-hybridized carbons (Fsp3) is 0.296. The summed E-state index contributed by atoms with van der Waals surface area (Å²) in [4.78, 5) is 12.8. The number of rotatable bonds is 8. The summed E-state index contributed by atoms with van der Waals surface area (Å²) < 4.78 is 38.4. The van der Waals surface area contributed by atoms with Crippen LogP contribution < -0.4 is 0 Å². The molecular formula is C27H27FO5. The zero-order valence-electron chi connectivity index (χ0n) is 18.4. The van der Waals surface area contributed by atoms with E-state index in [1.807, 2.05) is 66.7 Å². The summed E-state index contributed by atoms with van der Waals surface area (Å²) in [6.45, 7) is 2.06. The Hall–Kier alpha value is -3.06. The first kappa shape index (κ1) is 23.1. The van der Waals surface area contributed by atoms with E-state index in [-0.39, 0.29) is 13.2 Å². The van der Waals surface area contributed by atoms with Crippen molar-refractivity contribution in [3.05, 3.63) is 108 Å². The highest BCUT2D eigenvalue weighted by Crippen LogP contribution is 2.30. The Morgan fingerprint density at radius 2 is 1.24 bits per heavy atom. The van der Waals surface area contributed by atoms with Crippen LogP contribution in [0.4, 0.5) is 4.39 Å². The molecule has 0 N–H and O–H groups in total. The van der Waals surface area contributed by atoms with Gasteiger partial charge >= 0.3 is 5.97 Å². The Labute approximate surface area is 193 Å². The van der Waals surface area contributed by atoms with Crippen molar-refractivity contribution >= 4 is 5.97 Å². The second-order valence-corrected chi connectivity index (χ2v) is 7.95. The Bertz CT molecular complexity index is 999. The fourth-order valence-electron chi connectivity index (χ4n) is 3.79. The normalized spacial score (nSPS) is 24.8. The SMILES string of the molecule is C[C@H]1OC(F)[C@H](OCc2ccccc2)[C@@H](OCc2ccccc2)[C@H]1OC(=O)c1ccccc1. The van der Waals surface area contributed by atoms with Gasteiger partial charge in [-0.15, -0.1) is 0 Å². The molecule has 1 unspecified atom stereocenters. The van der Waals surface area contributed by atoms with E-state index >= 15 is 4.39 Å². The van der Waals surface area contributed by atoms with E-state index in [9.17, 15) is 4.79 Å². The molecule has 0 spiro atoms. The van der Waals surface area contributed by atoms with Crippen molar-refractivity contribution in [3.63, 3.8) is 0 Å². The fourth-order valence-corrected chi connectivity index (χ4v) is 3.79. The van der Waals surface area contributed by atoms with Gasteiger partial charge in [-0.05, 0) is 30.2 Å². The number of ether oxygens (including phenoxy) is 4. The van der Waals surface area contributed by atoms with Gasteiger partial charge in [-0.2, -0.15) is 0 Å². The van der Waals surface area contributed by atoms with Crippen LogP contribution in [-0.2, 0) is 32.2 Å². The van der Waals surface area contributed by atoms with Gasteiger partial charge in [0, 0.05) is 0 Å². The Kier molecular flexibility index (Phi) is 7.83. The van der Waals surface area contributed by atoms with Crippen molar-refractivity contribution < 1.29 is 28.1 Å². The maximum absolute atomic E-state index is 15.0. The molecule has 0 bridgehead atoms. The molecule has 0 radical (unpaired) electrons.